The van der Waals surface area contributed by atoms with Crippen molar-refractivity contribution in [3.05, 3.63) is 42.2 Å². The fraction of sp³-hybridized carbons (Fsp3) is 0.389. The zero-order valence-electron chi connectivity index (χ0n) is 15.0. The van der Waals surface area contributed by atoms with Gasteiger partial charge >= 0.3 is 7.32 Å². The van der Waals surface area contributed by atoms with E-state index in [0.29, 0.717) is 18.1 Å². The van der Waals surface area contributed by atoms with Gasteiger partial charge in [-0.3, -0.25) is 4.98 Å². The monoisotopic (exact) mass is 361 g/mol. The number of aliphatic hydroxyl groups is 1. The molecule has 8 heteroatoms. The van der Waals surface area contributed by atoms with E-state index in [1.807, 2.05) is 31.2 Å². The molecule has 26 heavy (non-hydrogen) atoms. The number of ether oxygens (including phenoxy) is 2. The first-order valence-corrected chi connectivity index (χ1v) is 8.43. The van der Waals surface area contributed by atoms with Crippen LogP contribution in [-0.4, -0.2) is 54.4 Å². The summed E-state index contributed by atoms with van der Waals surface area (Å²) in [5, 5.41) is 27.2. The van der Waals surface area contributed by atoms with Crippen LogP contribution in [0.3, 0.4) is 0 Å². The van der Waals surface area contributed by atoms with E-state index in [1.165, 1.54) is 0 Å². The van der Waals surface area contributed by atoms with Gasteiger partial charge in [-0.15, -0.1) is 0 Å². The quantitative estimate of drug-likeness (QED) is 0.553. The molecule has 0 radical (unpaired) electrons. The first kappa shape index (κ1) is 20.2. The molecule has 0 aliphatic heterocycles. The van der Waals surface area contributed by atoms with E-state index in [-0.39, 0.29) is 13.2 Å². The molecule has 0 saturated carbocycles. The molecule has 0 saturated heterocycles. The number of rotatable bonds is 10. The molecule has 1 atom stereocenters. The second-order valence-electron chi connectivity index (χ2n) is 5.76. The van der Waals surface area contributed by atoms with Crippen molar-refractivity contribution in [1.82, 2.24) is 4.98 Å². The summed E-state index contributed by atoms with van der Waals surface area (Å²) >= 11 is 0. The lowest BCUT2D eigenvalue weighted by Gasteiger charge is -2.16. The van der Waals surface area contributed by atoms with Crippen LogP contribution in [0.25, 0.3) is 11.1 Å². The maximum absolute atomic E-state index is 9.56. The summed E-state index contributed by atoms with van der Waals surface area (Å²) in [6, 6.07) is 7.51. The summed E-state index contributed by atoms with van der Waals surface area (Å²) < 4.78 is 15.8. The Labute approximate surface area is 153 Å². The molecular formula is C18H24BNO6. The van der Waals surface area contributed by atoms with Gasteiger partial charge in [0.05, 0.1) is 20.3 Å². The molecule has 1 heterocycles. The smallest absolute Gasteiger partial charge is 0.493 e. The maximum Gasteiger partial charge on any atom is 0.633 e. The van der Waals surface area contributed by atoms with Crippen molar-refractivity contribution in [2.75, 3.05) is 26.9 Å². The number of hydrogen-bond acceptors (Lipinski definition) is 7. The Morgan fingerprint density at radius 2 is 1.92 bits per heavy atom. The van der Waals surface area contributed by atoms with Crippen LogP contribution in [0.4, 0.5) is 0 Å². The van der Waals surface area contributed by atoms with E-state index in [2.05, 4.69) is 4.98 Å². The molecular weight excluding hydrogens is 337 g/mol. The van der Waals surface area contributed by atoms with Crippen molar-refractivity contribution in [3.63, 3.8) is 0 Å². The highest BCUT2D eigenvalue weighted by Crippen LogP contribution is 2.33. The third kappa shape index (κ3) is 5.44. The van der Waals surface area contributed by atoms with Gasteiger partial charge in [-0.2, -0.15) is 0 Å². The molecule has 1 aromatic heterocycles. The molecule has 0 unspecified atom stereocenters. The van der Waals surface area contributed by atoms with Gasteiger partial charge in [-0.1, -0.05) is 13.0 Å². The highest BCUT2D eigenvalue weighted by atomic mass is 16.6. The largest absolute Gasteiger partial charge is 0.633 e. The number of methoxy groups -OCH3 is 1. The molecule has 2 aromatic rings. The number of hydrogen-bond donors (Lipinski definition) is 3. The molecule has 0 bridgehead atoms. The summed E-state index contributed by atoms with van der Waals surface area (Å²) in [7, 11) is -0.280. The number of nitrogens with zero attached hydrogens (tertiary/aromatic N) is 1. The standard InChI is InChI=1S/C18H24BNO6/c1-3-6-25-18-8-13(4-5-17(18)24-2)14-7-15(10-20-9-14)16(11-21)12-26-19(22)23/h4-5,7-10,16,21-23H,3,6,11-12H2,1-2H3/t16-/m1/s1. The van der Waals surface area contributed by atoms with Crippen LogP contribution in [0.2, 0.25) is 0 Å². The molecule has 140 valence electrons. The molecule has 3 N–H and O–H groups in total. The van der Waals surface area contributed by atoms with E-state index in [9.17, 15) is 5.11 Å². The minimum atomic E-state index is -1.87. The highest BCUT2D eigenvalue weighted by Gasteiger charge is 2.17. The Hall–Kier alpha value is -2.13. The summed E-state index contributed by atoms with van der Waals surface area (Å²) in [5.74, 6) is 0.894. The molecule has 0 spiro atoms. The Morgan fingerprint density at radius 1 is 1.12 bits per heavy atom. The Kier molecular flexibility index (Phi) is 7.86. The fourth-order valence-corrected chi connectivity index (χ4v) is 2.48. The molecule has 0 aliphatic rings. The minimum absolute atomic E-state index is 0.0349. The van der Waals surface area contributed by atoms with Gasteiger partial charge < -0.3 is 29.3 Å². The van der Waals surface area contributed by atoms with Crippen LogP contribution >= 0.6 is 0 Å². The summed E-state index contributed by atoms with van der Waals surface area (Å²) in [6.45, 7) is 2.38. The summed E-state index contributed by atoms with van der Waals surface area (Å²) in [5.41, 5.74) is 2.47. The number of aliphatic hydroxyl groups excluding tert-OH is 1. The molecule has 2 rings (SSSR count). The van der Waals surface area contributed by atoms with E-state index in [1.54, 1.807) is 19.5 Å². The third-order valence-corrected chi connectivity index (χ3v) is 3.86. The molecule has 1 aromatic carbocycles. The lowest BCUT2D eigenvalue weighted by atomic mass is 9.98. The first-order valence-electron chi connectivity index (χ1n) is 8.43. The van der Waals surface area contributed by atoms with Crippen molar-refractivity contribution >= 4 is 7.32 Å². The van der Waals surface area contributed by atoms with Crippen LogP contribution in [0, 0.1) is 0 Å². The number of aromatic nitrogens is 1. The SMILES string of the molecule is CCCOc1cc(-c2cncc([C@H](CO)COB(O)O)c2)ccc1OC. The van der Waals surface area contributed by atoms with Crippen LogP contribution in [-0.2, 0) is 4.65 Å². The van der Waals surface area contributed by atoms with Gasteiger partial charge in [-0.05, 0) is 35.7 Å². The van der Waals surface area contributed by atoms with E-state index < -0.39 is 13.2 Å². The van der Waals surface area contributed by atoms with Crippen molar-refractivity contribution < 1.29 is 29.3 Å². The second kappa shape index (κ2) is 10.1. The maximum atomic E-state index is 9.56. The lowest BCUT2D eigenvalue weighted by Crippen LogP contribution is -2.22. The Morgan fingerprint density at radius 3 is 2.58 bits per heavy atom. The van der Waals surface area contributed by atoms with Crippen molar-refractivity contribution in [2.24, 2.45) is 0 Å². The van der Waals surface area contributed by atoms with E-state index in [4.69, 9.17) is 24.2 Å². The minimum Gasteiger partial charge on any atom is -0.493 e. The van der Waals surface area contributed by atoms with Crippen LogP contribution in [0.15, 0.2) is 36.7 Å². The molecule has 7 nitrogen and oxygen atoms in total. The summed E-state index contributed by atoms with van der Waals surface area (Å²) in [6.07, 6.45) is 4.22. The highest BCUT2D eigenvalue weighted by molar-refractivity contribution is 6.32. The second-order valence-corrected chi connectivity index (χ2v) is 5.76. The molecule has 0 fully saturated rings. The van der Waals surface area contributed by atoms with Gasteiger partial charge in [0.25, 0.3) is 0 Å². The Bertz CT molecular complexity index is 697. The number of pyridine rings is 1. The van der Waals surface area contributed by atoms with Crippen LogP contribution in [0.1, 0.15) is 24.8 Å². The number of benzene rings is 1. The zero-order chi connectivity index (χ0) is 18.9. The topological polar surface area (TPSA) is 101 Å². The van der Waals surface area contributed by atoms with Gasteiger partial charge in [-0.25, -0.2) is 0 Å². The predicted molar refractivity (Wildman–Crippen MR) is 98.0 cm³/mol. The predicted octanol–water partition coefficient (Wildman–Crippen LogP) is 1.61. The van der Waals surface area contributed by atoms with Crippen molar-refractivity contribution in [3.8, 4) is 22.6 Å². The van der Waals surface area contributed by atoms with Crippen molar-refractivity contribution in [1.29, 1.82) is 0 Å². The zero-order valence-corrected chi connectivity index (χ0v) is 15.0. The first-order chi connectivity index (χ1) is 12.6. The Balaban J connectivity index is 2.28. The van der Waals surface area contributed by atoms with Crippen molar-refractivity contribution in [2.45, 2.75) is 19.3 Å². The van der Waals surface area contributed by atoms with Gasteiger partial charge in [0, 0.05) is 30.5 Å². The average molecular weight is 361 g/mol. The van der Waals surface area contributed by atoms with E-state index in [0.717, 1.165) is 23.1 Å². The van der Waals surface area contributed by atoms with Crippen LogP contribution in [0.5, 0.6) is 11.5 Å². The average Bonchev–Trinajstić information content (AvgIpc) is 2.66. The lowest BCUT2D eigenvalue weighted by molar-refractivity contribution is 0.148. The van der Waals surface area contributed by atoms with Gasteiger partial charge in [0.1, 0.15) is 0 Å². The normalized spacial score (nSPS) is 11.9. The fourth-order valence-electron chi connectivity index (χ4n) is 2.48. The van der Waals surface area contributed by atoms with Gasteiger partial charge in [0.2, 0.25) is 0 Å². The molecule has 0 aliphatic carbocycles. The molecule has 0 amide bonds. The van der Waals surface area contributed by atoms with E-state index >= 15 is 0 Å². The van der Waals surface area contributed by atoms with Gasteiger partial charge in [0.15, 0.2) is 11.5 Å². The van der Waals surface area contributed by atoms with Crippen LogP contribution < -0.4 is 9.47 Å². The summed E-state index contributed by atoms with van der Waals surface area (Å²) in [4.78, 5) is 4.23. The third-order valence-electron chi connectivity index (χ3n) is 3.86.